The molecule has 0 aliphatic heterocycles. The highest BCUT2D eigenvalue weighted by Gasteiger charge is 2.03. The van der Waals surface area contributed by atoms with Crippen molar-refractivity contribution in [3.8, 4) is 0 Å². The highest BCUT2D eigenvalue weighted by molar-refractivity contribution is 5.77. The zero-order chi connectivity index (χ0) is 11.0. The maximum absolute atomic E-state index is 10.9. The highest BCUT2D eigenvalue weighted by Crippen LogP contribution is 1.85. The van der Waals surface area contributed by atoms with Gasteiger partial charge in [0.15, 0.2) is 0 Å². The van der Waals surface area contributed by atoms with E-state index in [0.29, 0.717) is 13.0 Å². The average Bonchev–Trinajstić information content (AvgIpc) is 2.02. The Morgan fingerprint density at radius 2 is 2.07 bits per heavy atom. The van der Waals surface area contributed by atoms with Gasteiger partial charge < -0.3 is 20.3 Å². The molecule has 3 N–H and O–H groups in total. The number of carboxylic acid groups (broad SMARTS) is 1. The van der Waals surface area contributed by atoms with Crippen molar-refractivity contribution in [2.75, 3.05) is 19.8 Å². The maximum Gasteiger partial charge on any atom is 0.329 e. The lowest BCUT2D eigenvalue weighted by Gasteiger charge is -2.06. The monoisotopic (exact) mass is 205 g/mol. The standard InChI is InChI=1S/C8H15NO5/c1-6(10)2-3-9-7(11)4-14-5-8(12)13/h6,10H,2-5H2,1H3,(H,9,11)(H,12,13). The Hall–Kier alpha value is -1.14. The Kier molecular flexibility index (Phi) is 6.69. The van der Waals surface area contributed by atoms with Crippen molar-refractivity contribution >= 4 is 11.9 Å². The lowest BCUT2D eigenvalue weighted by Crippen LogP contribution is -2.30. The van der Waals surface area contributed by atoms with E-state index >= 15 is 0 Å². The van der Waals surface area contributed by atoms with E-state index in [-0.39, 0.29) is 12.5 Å². The predicted octanol–water partition coefficient (Wildman–Crippen LogP) is -1.03. The number of hydrogen-bond acceptors (Lipinski definition) is 4. The van der Waals surface area contributed by atoms with Gasteiger partial charge in [-0.25, -0.2) is 4.79 Å². The van der Waals surface area contributed by atoms with Crippen LogP contribution in [0.3, 0.4) is 0 Å². The number of carbonyl (C=O) groups is 2. The fraction of sp³-hybridized carbons (Fsp3) is 0.750. The molecule has 0 spiro atoms. The third-order valence-corrected chi connectivity index (χ3v) is 1.34. The van der Waals surface area contributed by atoms with Crippen molar-refractivity contribution in [2.24, 2.45) is 0 Å². The molecule has 0 saturated heterocycles. The Morgan fingerprint density at radius 1 is 1.43 bits per heavy atom. The van der Waals surface area contributed by atoms with Crippen LogP contribution in [0, 0.1) is 0 Å². The summed E-state index contributed by atoms with van der Waals surface area (Å²) in [5, 5.41) is 19.5. The topological polar surface area (TPSA) is 95.9 Å². The summed E-state index contributed by atoms with van der Waals surface area (Å²) in [6.07, 6.45) is 0.000224. The van der Waals surface area contributed by atoms with E-state index in [1.165, 1.54) is 0 Å². The van der Waals surface area contributed by atoms with Gasteiger partial charge in [0, 0.05) is 6.54 Å². The molecule has 82 valence electrons. The third kappa shape index (κ3) is 8.95. The van der Waals surface area contributed by atoms with Crippen LogP contribution in [0.1, 0.15) is 13.3 Å². The van der Waals surface area contributed by atoms with Crippen LogP contribution in [0.2, 0.25) is 0 Å². The van der Waals surface area contributed by atoms with Crippen LogP contribution in [-0.4, -0.2) is 48.0 Å². The second-order valence-corrected chi connectivity index (χ2v) is 2.87. The van der Waals surface area contributed by atoms with Gasteiger partial charge in [0.1, 0.15) is 13.2 Å². The minimum atomic E-state index is -1.11. The number of amides is 1. The van der Waals surface area contributed by atoms with Gasteiger partial charge in [-0.05, 0) is 13.3 Å². The van der Waals surface area contributed by atoms with E-state index in [4.69, 9.17) is 10.2 Å². The molecule has 1 atom stereocenters. The molecule has 0 fully saturated rings. The van der Waals surface area contributed by atoms with E-state index in [0.717, 1.165) is 0 Å². The molecule has 0 radical (unpaired) electrons. The summed E-state index contributed by atoms with van der Waals surface area (Å²) in [4.78, 5) is 20.9. The fourth-order valence-corrected chi connectivity index (χ4v) is 0.703. The first-order valence-corrected chi connectivity index (χ1v) is 4.26. The van der Waals surface area contributed by atoms with Gasteiger partial charge in [0.05, 0.1) is 6.10 Å². The Labute approximate surface area is 81.9 Å². The van der Waals surface area contributed by atoms with Crippen LogP contribution in [-0.2, 0) is 14.3 Å². The van der Waals surface area contributed by atoms with Crippen molar-refractivity contribution < 1.29 is 24.5 Å². The van der Waals surface area contributed by atoms with E-state index in [1.54, 1.807) is 6.92 Å². The number of aliphatic carboxylic acids is 1. The van der Waals surface area contributed by atoms with Gasteiger partial charge in [-0.1, -0.05) is 0 Å². The predicted molar refractivity (Wildman–Crippen MR) is 47.8 cm³/mol. The first-order chi connectivity index (χ1) is 6.52. The highest BCUT2D eigenvalue weighted by atomic mass is 16.5. The lowest BCUT2D eigenvalue weighted by molar-refractivity contribution is -0.143. The van der Waals surface area contributed by atoms with Crippen LogP contribution in [0.5, 0.6) is 0 Å². The molecule has 14 heavy (non-hydrogen) atoms. The molecule has 0 rings (SSSR count). The summed E-state index contributed by atoms with van der Waals surface area (Å²) in [6.45, 7) is 1.22. The molecule has 6 nitrogen and oxygen atoms in total. The maximum atomic E-state index is 10.9. The lowest BCUT2D eigenvalue weighted by atomic mass is 10.3. The number of ether oxygens (including phenoxy) is 1. The number of aliphatic hydroxyl groups excluding tert-OH is 1. The number of carbonyl (C=O) groups excluding carboxylic acids is 1. The molecule has 1 unspecified atom stereocenters. The molecule has 0 aromatic heterocycles. The van der Waals surface area contributed by atoms with Gasteiger partial charge in [-0.2, -0.15) is 0 Å². The summed E-state index contributed by atoms with van der Waals surface area (Å²) in [5.74, 6) is -1.49. The van der Waals surface area contributed by atoms with Gasteiger partial charge in [0.25, 0.3) is 0 Å². The number of nitrogens with one attached hydrogen (secondary N) is 1. The SMILES string of the molecule is CC(O)CCNC(=O)COCC(=O)O. The molecular weight excluding hydrogens is 190 g/mol. The number of aliphatic hydroxyl groups is 1. The summed E-state index contributed by atoms with van der Waals surface area (Å²) in [6, 6.07) is 0. The first-order valence-electron chi connectivity index (χ1n) is 4.26. The zero-order valence-corrected chi connectivity index (χ0v) is 8.02. The quantitative estimate of drug-likeness (QED) is 0.494. The Balaban J connectivity index is 3.33. The molecular formula is C8H15NO5. The minimum Gasteiger partial charge on any atom is -0.480 e. The summed E-state index contributed by atoms with van der Waals surface area (Å²) < 4.78 is 4.54. The van der Waals surface area contributed by atoms with Crippen LogP contribution in [0.4, 0.5) is 0 Å². The van der Waals surface area contributed by atoms with Gasteiger partial charge in [-0.15, -0.1) is 0 Å². The number of carboxylic acids is 1. The molecule has 0 aromatic rings. The smallest absolute Gasteiger partial charge is 0.329 e. The van der Waals surface area contributed by atoms with Gasteiger partial charge in [-0.3, -0.25) is 4.79 Å². The Bertz CT molecular complexity index is 192. The minimum absolute atomic E-state index is 0.272. The van der Waals surface area contributed by atoms with Crippen molar-refractivity contribution in [3.63, 3.8) is 0 Å². The second-order valence-electron chi connectivity index (χ2n) is 2.87. The largest absolute Gasteiger partial charge is 0.480 e. The van der Waals surface area contributed by atoms with Crippen molar-refractivity contribution in [3.05, 3.63) is 0 Å². The second kappa shape index (κ2) is 7.28. The van der Waals surface area contributed by atoms with Crippen LogP contribution >= 0.6 is 0 Å². The average molecular weight is 205 g/mol. The molecule has 0 aliphatic carbocycles. The van der Waals surface area contributed by atoms with E-state index in [9.17, 15) is 9.59 Å². The van der Waals surface area contributed by atoms with Crippen molar-refractivity contribution in [1.82, 2.24) is 5.32 Å². The van der Waals surface area contributed by atoms with E-state index in [1.807, 2.05) is 0 Å². The zero-order valence-electron chi connectivity index (χ0n) is 8.02. The summed E-state index contributed by atoms with van der Waals surface area (Å²) in [7, 11) is 0. The summed E-state index contributed by atoms with van der Waals surface area (Å²) in [5.41, 5.74) is 0. The molecule has 6 heteroatoms. The van der Waals surface area contributed by atoms with E-state index in [2.05, 4.69) is 10.1 Å². The van der Waals surface area contributed by atoms with Crippen molar-refractivity contribution in [2.45, 2.75) is 19.4 Å². The van der Waals surface area contributed by atoms with Crippen LogP contribution in [0.15, 0.2) is 0 Å². The van der Waals surface area contributed by atoms with Crippen molar-refractivity contribution in [1.29, 1.82) is 0 Å². The molecule has 0 bridgehead atoms. The third-order valence-electron chi connectivity index (χ3n) is 1.34. The molecule has 0 aromatic carbocycles. The molecule has 0 heterocycles. The number of rotatable bonds is 7. The molecule has 0 saturated carbocycles. The van der Waals surface area contributed by atoms with Gasteiger partial charge >= 0.3 is 5.97 Å². The Morgan fingerprint density at radius 3 is 2.57 bits per heavy atom. The van der Waals surface area contributed by atoms with Crippen LogP contribution < -0.4 is 5.32 Å². The molecule has 1 amide bonds. The summed E-state index contributed by atoms with van der Waals surface area (Å²) >= 11 is 0. The fourth-order valence-electron chi connectivity index (χ4n) is 0.703. The first kappa shape index (κ1) is 12.9. The van der Waals surface area contributed by atoms with Gasteiger partial charge in [0.2, 0.25) is 5.91 Å². The number of hydrogen-bond donors (Lipinski definition) is 3. The van der Waals surface area contributed by atoms with E-state index < -0.39 is 18.7 Å². The molecule has 0 aliphatic rings. The normalized spacial score (nSPS) is 12.1. The van der Waals surface area contributed by atoms with Crippen LogP contribution in [0.25, 0.3) is 0 Å².